The van der Waals surface area contributed by atoms with E-state index in [1.807, 2.05) is 13.0 Å². The van der Waals surface area contributed by atoms with Crippen LogP contribution in [0.25, 0.3) is 10.2 Å². The SMILES string of the molecule is CCn1c(=O)sc2cc(NC(=O)c3ccc(N(C)S(=O)(=O)c4ccc(OC)c(OC)c4)cc3)ccc21. The minimum Gasteiger partial charge on any atom is -0.493 e. The highest BCUT2D eigenvalue weighted by Crippen LogP contribution is 2.32. The van der Waals surface area contributed by atoms with E-state index in [9.17, 15) is 18.0 Å². The van der Waals surface area contributed by atoms with E-state index in [0.29, 0.717) is 35.0 Å². The minimum absolute atomic E-state index is 0.0408. The molecule has 36 heavy (non-hydrogen) atoms. The number of ether oxygens (including phenoxy) is 2. The van der Waals surface area contributed by atoms with Gasteiger partial charge in [0, 0.05) is 30.9 Å². The molecule has 188 valence electrons. The second kappa shape index (κ2) is 10.0. The van der Waals surface area contributed by atoms with Gasteiger partial charge in [0.15, 0.2) is 11.5 Å². The molecule has 11 heteroatoms. The van der Waals surface area contributed by atoms with Crippen molar-refractivity contribution < 1.29 is 22.7 Å². The summed E-state index contributed by atoms with van der Waals surface area (Å²) in [4.78, 5) is 24.8. The molecule has 0 atom stereocenters. The van der Waals surface area contributed by atoms with Gasteiger partial charge in [0.2, 0.25) is 0 Å². The largest absolute Gasteiger partial charge is 0.493 e. The zero-order valence-corrected chi connectivity index (χ0v) is 21.8. The molecular weight excluding hydrogens is 502 g/mol. The highest BCUT2D eigenvalue weighted by Gasteiger charge is 2.23. The molecule has 0 radical (unpaired) electrons. The Bertz CT molecular complexity index is 1590. The van der Waals surface area contributed by atoms with Crippen LogP contribution < -0.4 is 24.0 Å². The van der Waals surface area contributed by atoms with Crippen molar-refractivity contribution in [3.63, 3.8) is 0 Å². The maximum Gasteiger partial charge on any atom is 0.308 e. The van der Waals surface area contributed by atoms with Gasteiger partial charge in [0.25, 0.3) is 15.9 Å². The van der Waals surface area contributed by atoms with Crippen LogP contribution in [-0.2, 0) is 16.6 Å². The number of aromatic nitrogens is 1. The number of sulfonamides is 1. The average molecular weight is 528 g/mol. The summed E-state index contributed by atoms with van der Waals surface area (Å²) in [6, 6.07) is 15.9. The molecule has 9 nitrogen and oxygen atoms in total. The molecule has 1 N–H and O–H groups in total. The van der Waals surface area contributed by atoms with Crippen molar-refractivity contribution in [3.8, 4) is 11.5 Å². The number of amides is 1. The highest BCUT2D eigenvalue weighted by atomic mass is 32.2. The predicted octanol–water partition coefficient (Wildman–Crippen LogP) is 4.18. The number of nitrogens with one attached hydrogen (secondary N) is 1. The van der Waals surface area contributed by atoms with E-state index >= 15 is 0 Å². The Kier molecular flexibility index (Phi) is 7.04. The lowest BCUT2D eigenvalue weighted by Gasteiger charge is -2.20. The van der Waals surface area contributed by atoms with E-state index in [0.717, 1.165) is 25.9 Å². The summed E-state index contributed by atoms with van der Waals surface area (Å²) in [5.74, 6) is 0.370. The Balaban J connectivity index is 1.52. The monoisotopic (exact) mass is 527 g/mol. The standard InChI is InChI=1S/C25H25N3O6S2/c1-5-28-20-12-8-17(14-23(20)35-25(28)30)26-24(29)16-6-9-18(10-7-16)27(2)36(31,32)19-11-13-21(33-3)22(15-19)34-4/h6-15H,5H2,1-4H3,(H,26,29). The van der Waals surface area contributed by atoms with Gasteiger partial charge >= 0.3 is 4.87 Å². The predicted molar refractivity (Wildman–Crippen MR) is 141 cm³/mol. The Labute approximate surface area is 212 Å². The smallest absolute Gasteiger partial charge is 0.308 e. The van der Waals surface area contributed by atoms with Crippen LogP contribution in [0.15, 0.2) is 70.4 Å². The summed E-state index contributed by atoms with van der Waals surface area (Å²) >= 11 is 1.13. The van der Waals surface area contributed by atoms with Gasteiger partial charge in [-0.15, -0.1) is 0 Å². The molecule has 0 saturated heterocycles. The van der Waals surface area contributed by atoms with E-state index in [1.54, 1.807) is 41.0 Å². The Morgan fingerprint density at radius 2 is 1.69 bits per heavy atom. The summed E-state index contributed by atoms with van der Waals surface area (Å²) < 4.78 is 40.3. The normalized spacial score (nSPS) is 11.3. The molecule has 1 aromatic heterocycles. The number of carbonyl (C=O) groups is 1. The fourth-order valence-electron chi connectivity index (χ4n) is 3.74. The van der Waals surface area contributed by atoms with Gasteiger partial charge in [-0.05, 0) is 61.5 Å². The second-order valence-corrected chi connectivity index (χ2v) is 10.7. The van der Waals surface area contributed by atoms with E-state index < -0.39 is 10.0 Å². The number of hydrogen-bond acceptors (Lipinski definition) is 7. The van der Waals surface area contributed by atoms with Crippen molar-refractivity contribution in [2.24, 2.45) is 0 Å². The lowest BCUT2D eigenvalue weighted by Crippen LogP contribution is -2.26. The first kappa shape index (κ1) is 25.3. The van der Waals surface area contributed by atoms with Crippen LogP contribution in [0, 0.1) is 0 Å². The molecule has 0 unspecified atom stereocenters. The number of aryl methyl sites for hydroxylation is 1. The van der Waals surface area contributed by atoms with Crippen molar-refractivity contribution >= 4 is 48.9 Å². The summed E-state index contributed by atoms with van der Waals surface area (Å²) in [6.45, 7) is 2.48. The number of hydrogen-bond donors (Lipinski definition) is 1. The van der Waals surface area contributed by atoms with Crippen LogP contribution in [0.3, 0.4) is 0 Å². The van der Waals surface area contributed by atoms with Crippen LogP contribution in [0.5, 0.6) is 11.5 Å². The summed E-state index contributed by atoms with van der Waals surface area (Å²) in [5.41, 5.74) is 2.13. The summed E-state index contributed by atoms with van der Waals surface area (Å²) in [6.07, 6.45) is 0. The second-order valence-electron chi connectivity index (χ2n) is 7.79. The number of rotatable bonds is 8. The Morgan fingerprint density at radius 1 is 1.00 bits per heavy atom. The number of nitrogens with zero attached hydrogens (tertiary/aromatic N) is 2. The molecule has 0 saturated carbocycles. The number of methoxy groups -OCH3 is 2. The third kappa shape index (κ3) is 4.67. The number of fused-ring (bicyclic) bond motifs is 1. The molecule has 4 rings (SSSR count). The first-order valence-corrected chi connectivity index (χ1v) is 13.2. The topological polar surface area (TPSA) is 107 Å². The van der Waals surface area contributed by atoms with Crippen LogP contribution in [-0.4, -0.2) is 40.2 Å². The van der Waals surface area contributed by atoms with Gasteiger partial charge in [0.05, 0.1) is 35.0 Å². The van der Waals surface area contributed by atoms with Gasteiger partial charge < -0.3 is 14.8 Å². The zero-order chi connectivity index (χ0) is 26.0. The van der Waals surface area contributed by atoms with Crippen LogP contribution in [0.2, 0.25) is 0 Å². The zero-order valence-electron chi connectivity index (χ0n) is 20.1. The van der Waals surface area contributed by atoms with Crippen molar-refractivity contribution in [2.75, 3.05) is 30.9 Å². The van der Waals surface area contributed by atoms with Crippen molar-refractivity contribution in [1.82, 2.24) is 4.57 Å². The third-order valence-electron chi connectivity index (χ3n) is 5.75. The first-order chi connectivity index (χ1) is 17.2. The van der Waals surface area contributed by atoms with Gasteiger partial charge in [-0.2, -0.15) is 0 Å². The van der Waals surface area contributed by atoms with Gasteiger partial charge in [-0.1, -0.05) is 11.3 Å². The number of thiazole rings is 1. The van der Waals surface area contributed by atoms with Gasteiger partial charge in [-0.3, -0.25) is 18.5 Å². The number of benzene rings is 3. The fourth-order valence-corrected chi connectivity index (χ4v) is 5.95. The molecular formula is C25H25N3O6S2. The molecule has 0 aliphatic rings. The summed E-state index contributed by atoms with van der Waals surface area (Å²) in [5, 5.41) is 2.82. The van der Waals surface area contributed by atoms with Crippen LogP contribution in [0.4, 0.5) is 11.4 Å². The molecule has 0 fully saturated rings. The Hall–Kier alpha value is -3.83. The fraction of sp³-hybridized carbons (Fsp3) is 0.200. The van der Waals surface area contributed by atoms with Crippen LogP contribution >= 0.6 is 11.3 Å². The molecule has 0 bridgehead atoms. The van der Waals surface area contributed by atoms with Crippen molar-refractivity contribution in [2.45, 2.75) is 18.4 Å². The number of anilines is 2. The van der Waals surface area contributed by atoms with E-state index in [-0.39, 0.29) is 15.7 Å². The molecule has 0 spiro atoms. The molecule has 0 aliphatic heterocycles. The van der Waals surface area contributed by atoms with E-state index in [2.05, 4.69) is 5.32 Å². The lowest BCUT2D eigenvalue weighted by atomic mass is 10.2. The number of carbonyl (C=O) groups excluding carboxylic acids is 1. The maximum atomic E-state index is 13.1. The van der Waals surface area contributed by atoms with Gasteiger partial charge in [-0.25, -0.2) is 8.42 Å². The third-order valence-corrected chi connectivity index (χ3v) is 8.47. The van der Waals surface area contributed by atoms with E-state index in [4.69, 9.17) is 9.47 Å². The minimum atomic E-state index is -3.88. The van der Waals surface area contributed by atoms with Gasteiger partial charge in [0.1, 0.15) is 0 Å². The first-order valence-electron chi connectivity index (χ1n) is 11.0. The summed E-state index contributed by atoms with van der Waals surface area (Å²) in [7, 11) is 0.455. The Morgan fingerprint density at radius 3 is 2.33 bits per heavy atom. The van der Waals surface area contributed by atoms with Crippen LogP contribution in [0.1, 0.15) is 17.3 Å². The molecule has 1 heterocycles. The highest BCUT2D eigenvalue weighted by molar-refractivity contribution is 7.92. The van der Waals surface area contributed by atoms with E-state index in [1.165, 1.54) is 39.5 Å². The molecule has 1 amide bonds. The lowest BCUT2D eigenvalue weighted by molar-refractivity contribution is 0.102. The maximum absolute atomic E-state index is 13.1. The quantitative estimate of drug-likeness (QED) is 0.369. The van der Waals surface area contributed by atoms with Crippen molar-refractivity contribution in [1.29, 1.82) is 0 Å². The average Bonchev–Trinajstić information content (AvgIpc) is 3.21. The molecule has 4 aromatic rings. The molecule has 3 aromatic carbocycles. The molecule has 0 aliphatic carbocycles. The van der Waals surface area contributed by atoms with Crippen molar-refractivity contribution in [3.05, 3.63) is 75.9 Å².